The molecule has 1 aromatic heterocycles. The SMILES string of the molecule is CN(C)C(CCNc1nc(Cl)nc(Cl)n1)C1CC(C)(C)NC(C)(C)C1. The second kappa shape index (κ2) is 7.91. The molecule has 0 spiro atoms. The standard InChI is InChI=1S/C17H30Cl2N6/c1-16(2)9-11(10-17(3,4)24-16)12(25(5)6)7-8-20-15-22-13(18)21-14(19)23-15/h11-12,24H,7-10H2,1-6H3,(H,20,21,22,23). The first-order valence-corrected chi connectivity index (χ1v) is 9.50. The van der Waals surface area contributed by atoms with Gasteiger partial charge in [-0.15, -0.1) is 0 Å². The van der Waals surface area contributed by atoms with Gasteiger partial charge in [-0.25, -0.2) is 0 Å². The maximum Gasteiger partial charge on any atom is 0.228 e. The Hall–Kier alpha value is -0.690. The van der Waals surface area contributed by atoms with Crippen molar-refractivity contribution in [1.29, 1.82) is 0 Å². The third-order valence-electron chi connectivity index (χ3n) is 4.73. The van der Waals surface area contributed by atoms with E-state index in [0.29, 0.717) is 17.9 Å². The van der Waals surface area contributed by atoms with Gasteiger partial charge in [0, 0.05) is 23.7 Å². The van der Waals surface area contributed by atoms with Crippen LogP contribution in [0.4, 0.5) is 5.95 Å². The maximum absolute atomic E-state index is 5.82. The fraction of sp³-hybridized carbons (Fsp3) is 0.824. The molecular weight excluding hydrogens is 359 g/mol. The molecule has 1 aliphatic heterocycles. The van der Waals surface area contributed by atoms with Crippen molar-refractivity contribution in [1.82, 2.24) is 25.2 Å². The molecule has 25 heavy (non-hydrogen) atoms. The van der Waals surface area contributed by atoms with E-state index in [2.05, 4.69) is 72.3 Å². The molecule has 2 heterocycles. The van der Waals surface area contributed by atoms with Gasteiger partial charge in [0.1, 0.15) is 0 Å². The first-order valence-electron chi connectivity index (χ1n) is 8.74. The Balaban J connectivity index is 2.01. The van der Waals surface area contributed by atoms with Crippen LogP contribution in [0.25, 0.3) is 0 Å². The smallest absolute Gasteiger partial charge is 0.228 e. The van der Waals surface area contributed by atoms with Crippen molar-refractivity contribution in [3.63, 3.8) is 0 Å². The molecule has 1 atom stereocenters. The fourth-order valence-electron chi connectivity index (χ4n) is 4.33. The van der Waals surface area contributed by atoms with Crippen LogP contribution in [0.5, 0.6) is 0 Å². The normalized spacial score (nSPS) is 21.3. The van der Waals surface area contributed by atoms with Crippen LogP contribution in [0.15, 0.2) is 0 Å². The molecular formula is C17H30Cl2N6. The zero-order chi connectivity index (χ0) is 18.8. The number of aromatic nitrogens is 3. The van der Waals surface area contributed by atoms with E-state index >= 15 is 0 Å². The molecule has 8 heteroatoms. The van der Waals surface area contributed by atoms with Gasteiger partial charge in [-0.3, -0.25) is 0 Å². The predicted molar refractivity (Wildman–Crippen MR) is 104 cm³/mol. The second-order valence-corrected chi connectivity index (χ2v) is 9.18. The zero-order valence-corrected chi connectivity index (χ0v) is 17.5. The highest BCUT2D eigenvalue weighted by Gasteiger charge is 2.40. The number of halogens is 2. The highest BCUT2D eigenvalue weighted by Crippen LogP contribution is 2.36. The van der Waals surface area contributed by atoms with Crippen molar-refractivity contribution in [3.05, 3.63) is 10.6 Å². The number of piperidine rings is 1. The van der Waals surface area contributed by atoms with Crippen LogP contribution >= 0.6 is 23.2 Å². The van der Waals surface area contributed by atoms with E-state index in [-0.39, 0.29) is 21.6 Å². The number of hydrogen-bond donors (Lipinski definition) is 2. The summed E-state index contributed by atoms with van der Waals surface area (Å²) in [5, 5.41) is 7.19. The summed E-state index contributed by atoms with van der Waals surface area (Å²) >= 11 is 11.6. The Labute approximate surface area is 161 Å². The van der Waals surface area contributed by atoms with Crippen LogP contribution in [0, 0.1) is 5.92 Å². The van der Waals surface area contributed by atoms with Gasteiger partial charge in [0.15, 0.2) is 0 Å². The maximum atomic E-state index is 5.82. The molecule has 0 radical (unpaired) electrons. The van der Waals surface area contributed by atoms with Crippen molar-refractivity contribution in [2.75, 3.05) is 26.0 Å². The zero-order valence-electron chi connectivity index (χ0n) is 16.0. The van der Waals surface area contributed by atoms with Crippen LogP contribution in [-0.4, -0.2) is 57.6 Å². The van der Waals surface area contributed by atoms with Gasteiger partial charge in [0.05, 0.1) is 0 Å². The lowest BCUT2D eigenvalue weighted by Crippen LogP contribution is -2.60. The van der Waals surface area contributed by atoms with Crippen molar-refractivity contribution < 1.29 is 0 Å². The molecule has 0 bridgehead atoms. The summed E-state index contributed by atoms with van der Waals surface area (Å²) in [5.41, 5.74) is 0.284. The van der Waals surface area contributed by atoms with Crippen LogP contribution in [-0.2, 0) is 0 Å². The number of nitrogens with one attached hydrogen (secondary N) is 2. The minimum absolute atomic E-state index is 0.105. The summed E-state index contributed by atoms with van der Waals surface area (Å²) in [6, 6.07) is 0.473. The van der Waals surface area contributed by atoms with Crippen molar-refractivity contribution in [2.45, 2.75) is 64.1 Å². The molecule has 1 unspecified atom stereocenters. The van der Waals surface area contributed by atoms with Gasteiger partial charge in [-0.1, -0.05) is 0 Å². The molecule has 0 amide bonds. The molecule has 1 fully saturated rings. The van der Waals surface area contributed by atoms with E-state index in [4.69, 9.17) is 23.2 Å². The van der Waals surface area contributed by atoms with Gasteiger partial charge in [0.2, 0.25) is 16.5 Å². The van der Waals surface area contributed by atoms with Gasteiger partial charge < -0.3 is 15.5 Å². The minimum Gasteiger partial charge on any atom is -0.354 e. The molecule has 1 aromatic rings. The van der Waals surface area contributed by atoms with Crippen LogP contribution < -0.4 is 10.6 Å². The molecule has 0 saturated carbocycles. The highest BCUT2D eigenvalue weighted by atomic mass is 35.5. The van der Waals surface area contributed by atoms with Gasteiger partial charge >= 0.3 is 0 Å². The topological polar surface area (TPSA) is 66.0 Å². The summed E-state index contributed by atoms with van der Waals surface area (Å²) < 4.78 is 0. The first-order chi connectivity index (χ1) is 11.5. The van der Waals surface area contributed by atoms with Crippen LogP contribution in [0.2, 0.25) is 10.6 Å². The molecule has 6 nitrogen and oxygen atoms in total. The van der Waals surface area contributed by atoms with E-state index in [1.54, 1.807) is 0 Å². The number of anilines is 1. The van der Waals surface area contributed by atoms with Crippen molar-refractivity contribution in [3.8, 4) is 0 Å². The Bertz CT molecular complexity index is 554. The van der Waals surface area contributed by atoms with Gasteiger partial charge in [-0.05, 0) is 90.2 Å². The van der Waals surface area contributed by atoms with E-state index in [0.717, 1.165) is 25.8 Å². The lowest BCUT2D eigenvalue weighted by molar-refractivity contribution is 0.0698. The molecule has 142 valence electrons. The molecule has 0 aliphatic carbocycles. The number of hydrogen-bond acceptors (Lipinski definition) is 6. The third-order valence-corrected chi connectivity index (χ3v) is 5.07. The summed E-state index contributed by atoms with van der Waals surface area (Å²) in [4.78, 5) is 14.2. The summed E-state index contributed by atoms with van der Waals surface area (Å²) in [6.45, 7) is 9.92. The highest BCUT2D eigenvalue weighted by molar-refractivity contribution is 6.31. The third kappa shape index (κ3) is 6.20. The Morgan fingerprint density at radius 1 is 1.08 bits per heavy atom. The Kier molecular flexibility index (Phi) is 6.52. The first kappa shape index (κ1) is 20.6. The quantitative estimate of drug-likeness (QED) is 0.777. The summed E-state index contributed by atoms with van der Waals surface area (Å²) in [6.07, 6.45) is 3.30. The summed E-state index contributed by atoms with van der Waals surface area (Å²) in [7, 11) is 4.31. The molecule has 2 rings (SSSR count). The fourth-order valence-corrected chi connectivity index (χ4v) is 4.69. The van der Waals surface area contributed by atoms with Crippen LogP contribution in [0.1, 0.15) is 47.0 Å². The Morgan fingerprint density at radius 3 is 2.08 bits per heavy atom. The van der Waals surface area contributed by atoms with E-state index in [1.807, 2.05) is 0 Å². The van der Waals surface area contributed by atoms with Crippen LogP contribution in [0.3, 0.4) is 0 Å². The Morgan fingerprint density at radius 2 is 1.60 bits per heavy atom. The molecule has 1 aliphatic rings. The van der Waals surface area contributed by atoms with Crippen molar-refractivity contribution >= 4 is 29.2 Å². The van der Waals surface area contributed by atoms with E-state index < -0.39 is 0 Å². The minimum atomic E-state index is 0.105. The molecule has 2 N–H and O–H groups in total. The van der Waals surface area contributed by atoms with Gasteiger partial charge in [0.25, 0.3) is 0 Å². The lowest BCUT2D eigenvalue weighted by Gasteiger charge is -2.49. The van der Waals surface area contributed by atoms with E-state index in [9.17, 15) is 0 Å². The monoisotopic (exact) mass is 388 g/mol. The van der Waals surface area contributed by atoms with Crippen molar-refractivity contribution in [2.24, 2.45) is 5.92 Å². The molecule has 0 aromatic carbocycles. The van der Waals surface area contributed by atoms with Gasteiger partial charge in [-0.2, -0.15) is 15.0 Å². The second-order valence-electron chi connectivity index (χ2n) is 8.50. The average Bonchev–Trinajstić information content (AvgIpc) is 2.38. The molecule has 1 saturated heterocycles. The average molecular weight is 389 g/mol. The van der Waals surface area contributed by atoms with E-state index in [1.165, 1.54) is 0 Å². The predicted octanol–water partition coefficient (Wildman–Crippen LogP) is 3.47. The number of nitrogens with zero attached hydrogens (tertiary/aromatic N) is 4. The largest absolute Gasteiger partial charge is 0.354 e. The number of rotatable bonds is 6. The summed E-state index contributed by atoms with van der Waals surface area (Å²) in [5.74, 6) is 1.04. The lowest BCUT2D eigenvalue weighted by atomic mass is 9.72.